The first-order valence-electron chi connectivity index (χ1n) is 5.70. The lowest BCUT2D eigenvalue weighted by atomic mass is 10.3. The number of hydrogen-bond acceptors (Lipinski definition) is 4. The number of nitrogens with one attached hydrogen (secondary N) is 2. The second-order valence-electron chi connectivity index (χ2n) is 4.24. The molecule has 1 saturated heterocycles. The molecule has 0 aromatic heterocycles. The lowest BCUT2D eigenvalue weighted by Gasteiger charge is -2.28. The number of nitrogens with zero attached hydrogens (tertiary/aromatic N) is 1. The molecule has 0 aromatic rings. The molecule has 6 nitrogen and oxygen atoms in total. The van der Waals surface area contributed by atoms with Gasteiger partial charge in [-0.25, -0.2) is 0 Å². The van der Waals surface area contributed by atoms with E-state index in [1.165, 1.54) is 4.31 Å². The largest absolute Gasteiger partial charge is 0.314 e. The third kappa shape index (κ3) is 5.43. The summed E-state index contributed by atoms with van der Waals surface area (Å²) in [6, 6.07) is -0.182. The zero-order valence-corrected chi connectivity index (χ0v) is 11.9. The molecule has 2 N–H and O–H groups in total. The number of rotatable bonds is 6. The topological polar surface area (TPSA) is 78.5 Å². The summed E-state index contributed by atoms with van der Waals surface area (Å²) in [5.41, 5.74) is 0. The fourth-order valence-electron chi connectivity index (χ4n) is 1.62. The van der Waals surface area contributed by atoms with Crippen LogP contribution in [0.5, 0.6) is 0 Å². The van der Waals surface area contributed by atoms with Gasteiger partial charge in [0.15, 0.2) is 0 Å². The minimum Gasteiger partial charge on any atom is -0.314 e. The molecule has 0 saturated carbocycles. The molecule has 17 heavy (non-hydrogen) atoms. The molecule has 8 heteroatoms. The van der Waals surface area contributed by atoms with Gasteiger partial charge in [-0.15, -0.1) is 0 Å². The van der Waals surface area contributed by atoms with Crippen molar-refractivity contribution in [2.24, 2.45) is 0 Å². The summed E-state index contributed by atoms with van der Waals surface area (Å²) < 4.78 is 38.9. The first-order chi connectivity index (χ1) is 7.92. The van der Waals surface area contributed by atoms with Crippen LogP contribution in [0.15, 0.2) is 0 Å². The lowest BCUT2D eigenvalue weighted by molar-refractivity contribution is 0.351. The standard InChI is InChI=1S/C9H21N3O3S2/c1-9(3-8-16(2)13)11-17(14,15)12-6-4-10-5-7-12/h9-11H,3-8H2,1-2H3. The van der Waals surface area contributed by atoms with Crippen molar-refractivity contribution < 1.29 is 12.6 Å². The molecule has 0 radical (unpaired) electrons. The van der Waals surface area contributed by atoms with Crippen molar-refractivity contribution >= 4 is 21.0 Å². The Labute approximate surface area is 106 Å². The van der Waals surface area contributed by atoms with Gasteiger partial charge in [-0.2, -0.15) is 17.4 Å². The van der Waals surface area contributed by atoms with E-state index in [4.69, 9.17) is 0 Å². The molecule has 1 aliphatic rings. The average molecular weight is 283 g/mol. The molecule has 0 bridgehead atoms. The third-order valence-corrected chi connectivity index (χ3v) is 5.16. The van der Waals surface area contributed by atoms with Gasteiger partial charge < -0.3 is 5.32 Å². The summed E-state index contributed by atoms with van der Waals surface area (Å²) in [7, 11) is -4.26. The van der Waals surface area contributed by atoms with Crippen molar-refractivity contribution in [3.05, 3.63) is 0 Å². The van der Waals surface area contributed by atoms with Crippen LogP contribution in [0.2, 0.25) is 0 Å². The van der Waals surface area contributed by atoms with E-state index in [1.54, 1.807) is 13.2 Å². The van der Waals surface area contributed by atoms with Crippen LogP contribution >= 0.6 is 0 Å². The van der Waals surface area contributed by atoms with E-state index in [0.717, 1.165) is 0 Å². The van der Waals surface area contributed by atoms with Crippen LogP contribution in [0, 0.1) is 0 Å². The highest BCUT2D eigenvalue weighted by Gasteiger charge is 2.24. The van der Waals surface area contributed by atoms with Crippen molar-refractivity contribution in [3.63, 3.8) is 0 Å². The van der Waals surface area contributed by atoms with Crippen LogP contribution in [0.25, 0.3) is 0 Å². The minimum absolute atomic E-state index is 0.182. The van der Waals surface area contributed by atoms with E-state index in [0.29, 0.717) is 38.4 Å². The highest BCUT2D eigenvalue weighted by molar-refractivity contribution is 7.87. The van der Waals surface area contributed by atoms with Gasteiger partial charge in [0.25, 0.3) is 10.2 Å². The van der Waals surface area contributed by atoms with Gasteiger partial charge in [0.1, 0.15) is 0 Å². The van der Waals surface area contributed by atoms with Crippen LogP contribution in [0.1, 0.15) is 13.3 Å². The van der Waals surface area contributed by atoms with E-state index in [1.807, 2.05) is 0 Å². The molecular weight excluding hydrogens is 262 g/mol. The molecule has 2 atom stereocenters. The van der Waals surface area contributed by atoms with Crippen molar-refractivity contribution in [3.8, 4) is 0 Å². The van der Waals surface area contributed by atoms with Crippen LogP contribution < -0.4 is 10.0 Å². The Morgan fingerprint density at radius 1 is 1.41 bits per heavy atom. The van der Waals surface area contributed by atoms with E-state index in [9.17, 15) is 12.6 Å². The smallest absolute Gasteiger partial charge is 0.279 e. The normalized spacial score (nSPS) is 22.2. The predicted molar refractivity (Wildman–Crippen MR) is 69.5 cm³/mol. The van der Waals surface area contributed by atoms with Gasteiger partial charge in [-0.3, -0.25) is 4.21 Å². The third-order valence-electron chi connectivity index (χ3n) is 2.60. The maximum absolute atomic E-state index is 12.0. The number of piperazine rings is 1. The second kappa shape index (κ2) is 6.79. The fraction of sp³-hybridized carbons (Fsp3) is 1.00. The fourth-order valence-corrected chi connectivity index (χ4v) is 3.74. The molecule has 1 heterocycles. The Morgan fingerprint density at radius 3 is 2.53 bits per heavy atom. The van der Waals surface area contributed by atoms with E-state index >= 15 is 0 Å². The Balaban J connectivity index is 2.44. The van der Waals surface area contributed by atoms with Gasteiger partial charge in [-0.1, -0.05) is 0 Å². The summed E-state index contributed by atoms with van der Waals surface area (Å²) in [5, 5.41) is 3.11. The molecule has 0 amide bonds. The van der Waals surface area contributed by atoms with Gasteiger partial charge in [0.2, 0.25) is 0 Å². The molecule has 1 fully saturated rings. The Kier molecular flexibility index (Phi) is 6.01. The average Bonchev–Trinajstić information content (AvgIpc) is 2.27. The first kappa shape index (κ1) is 15.0. The predicted octanol–water partition coefficient (Wildman–Crippen LogP) is -1.12. The second-order valence-corrected chi connectivity index (χ2v) is 7.50. The minimum atomic E-state index is -3.39. The highest BCUT2D eigenvalue weighted by Crippen LogP contribution is 2.03. The molecule has 1 aliphatic heterocycles. The van der Waals surface area contributed by atoms with Crippen LogP contribution in [-0.2, 0) is 21.0 Å². The lowest BCUT2D eigenvalue weighted by Crippen LogP contribution is -2.52. The quantitative estimate of drug-likeness (QED) is 0.647. The van der Waals surface area contributed by atoms with Crippen molar-refractivity contribution in [1.82, 2.24) is 14.3 Å². The van der Waals surface area contributed by atoms with Crippen molar-refractivity contribution in [2.75, 3.05) is 38.2 Å². The maximum Gasteiger partial charge on any atom is 0.279 e. The summed E-state index contributed by atoms with van der Waals surface area (Å²) in [4.78, 5) is 0. The van der Waals surface area contributed by atoms with E-state index in [2.05, 4.69) is 10.0 Å². The van der Waals surface area contributed by atoms with Crippen molar-refractivity contribution in [1.29, 1.82) is 0 Å². The van der Waals surface area contributed by atoms with Gasteiger partial charge in [0.05, 0.1) is 0 Å². The maximum atomic E-state index is 12.0. The van der Waals surface area contributed by atoms with Crippen LogP contribution in [-0.4, -0.2) is 61.2 Å². The summed E-state index contributed by atoms with van der Waals surface area (Å²) >= 11 is 0. The summed E-state index contributed by atoms with van der Waals surface area (Å²) in [5.74, 6) is 0.519. The van der Waals surface area contributed by atoms with Crippen molar-refractivity contribution in [2.45, 2.75) is 19.4 Å². The molecule has 0 aliphatic carbocycles. The molecule has 102 valence electrons. The van der Waals surface area contributed by atoms with Gasteiger partial charge in [-0.05, 0) is 13.3 Å². The zero-order chi connectivity index (χ0) is 12.9. The summed E-state index contributed by atoms with van der Waals surface area (Å²) in [6.07, 6.45) is 2.21. The Bertz CT molecular complexity index is 352. The molecule has 2 unspecified atom stereocenters. The monoisotopic (exact) mass is 283 g/mol. The van der Waals surface area contributed by atoms with Gasteiger partial charge in [0, 0.05) is 55.0 Å². The molecule has 0 spiro atoms. The molecule has 1 rings (SSSR count). The Hall–Kier alpha value is -0.0200. The summed E-state index contributed by atoms with van der Waals surface area (Å²) in [6.45, 7) is 4.18. The zero-order valence-electron chi connectivity index (χ0n) is 10.3. The highest BCUT2D eigenvalue weighted by atomic mass is 32.2. The molecule has 0 aromatic carbocycles. The SMILES string of the molecule is CC(CCS(C)=O)NS(=O)(=O)N1CCNCC1. The van der Waals surface area contributed by atoms with E-state index in [-0.39, 0.29) is 6.04 Å². The molecular formula is C9H21N3O3S2. The van der Waals surface area contributed by atoms with Gasteiger partial charge >= 0.3 is 0 Å². The van der Waals surface area contributed by atoms with Crippen LogP contribution in [0.3, 0.4) is 0 Å². The number of hydrogen-bond donors (Lipinski definition) is 2. The van der Waals surface area contributed by atoms with Crippen LogP contribution in [0.4, 0.5) is 0 Å². The Morgan fingerprint density at radius 2 is 2.00 bits per heavy atom. The van der Waals surface area contributed by atoms with E-state index < -0.39 is 21.0 Å². The first-order valence-corrected chi connectivity index (χ1v) is 8.86.